The van der Waals surface area contributed by atoms with Crippen molar-refractivity contribution < 1.29 is 8.42 Å². The molecule has 0 amide bonds. The quantitative estimate of drug-likeness (QED) is 0.743. The van der Waals surface area contributed by atoms with Crippen LogP contribution in [0.15, 0.2) is 20.1 Å². The zero-order valence-corrected chi connectivity index (χ0v) is 15.8. The van der Waals surface area contributed by atoms with E-state index in [2.05, 4.69) is 34.7 Å². The summed E-state index contributed by atoms with van der Waals surface area (Å²) in [4.78, 5) is 2.42. The summed E-state index contributed by atoms with van der Waals surface area (Å²) < 4.78 is 28.0. The molecule has 21 heavy (non-hydrogen) atoms. The van der Waals surface area contributed by atoms with Gasteiger partial charge in [-0.3, -0.25) is 0 Å². The molecule has 0 spiro atoms. The van der Waals surface area contributed by atoms with Crippen LogP contribution in [-0.4, -0.2) is 50.3 Å². The Morgan fingerprint density at radius 2 is 1.95 bits per heavy atom. The van der Waals surface area contributed by atoms with Crippen LogP contribution < -0.4 is 0 Å². The first-order valence-corrected chi connectivity index (χ1v) is 10.6. The second-order valence-electron chi connectivity index (χ2n) is 5.39. The molecule has 0 radical (unpaired) electrons. The van der Waals surface area contributed by atoms with Gasteiger partial charge in [-0.25, -0.2) is 8.42 Å². The third kappa shape index (κ3) is 4.07. The Kier molecular flexibility index (Phi) is 6.25. The lowest BCUT2D eigenvalue weighted by Gasteiger charge is -2.33. The van der Waals surface area contributed by atoms with Gasteiger partial charge in [0.1, 0.15) is 4.21 Å². The topological polar surface area (TPSA) is 40.6 Å². The number of sulfonamides is 1. The van der Waals surface area contributed by atoms with Crippen molar-refractivity contribution in [1.29, 1.82) is 0 Å². The third-order valence-corrected chi connectivity index (χ3v) is 8.69. The molecule has 1 aliphatic rings. The predicted molar refractivity (Wildman–Crippen MR) is 91.3 cm³/mol. The van der Waals surface area contributed by atoms with Gasteiger partial charge in [-0.05, 0) is 59.2 Å². The number of hydrogen-bond donors (Lipinski definition) is 0. The molecule has 2 rings (SSSR count). The summed E-state index contributed by atoms with van der Waals surface area (Å²) in [6, 6.07) is 1.80. The molecule has 0 bridgehead atoms. The van der Waals surface area contributed by atoms with Gasteiger partial charge < -0.3 is 4.90 Å². The first kappa shape index (κ1) is 17.4. The number of rotatable bonds is 6. The standard InChI is InChI=1S/C14H23BrN2O2S2/c1-3-16(4-2)11-12-5-8-17(9-6-12)21(18,19)14-13(15)7-10-20-14/h7,10,12H,3-6,8-9,11H2,1-2H3. The van der Waals surface area contributed by atoms with Gasteiger partial charge in [-0.2, -0.15) is 4.31 Å². The van der Waals surface area contributed by atoms with Gasteiger partial charge >= 0.3 is 0 Å². The minimum absolute atomic E-state index is 0.435. The Morgan fingerprint density at radius 1 is 1.33 bits per heavy atom. The van der Waals surface area contributed by atoms with Crippen LogP contribution in [0.1, 0.15) is 26.7 Å². The van der Waals surface area contributed by atoms with Crippen molar-refractivity contribution in [2.24, 2.45) is 5.92 Å². The smallest absolute Gasteiger partial charge is 0.253 e. The van der Waals surface area contributed by atoms with E-state index >= 15 is 0 Å². The van der Waals surface area contributed by atoms with Gasteiger partial charge in [0.2, 0.25) is 0 Å². The highest BCUT2D eigenvalue weighted by molar-refractivity contribution is 9.10. The Bertz CT molecular complexity index is 547. The fraction of sp³-hybridized carbons (Fsp3) is 0.714. The highest BCUT2D eigenvalue weighted by Gasteiger charge is 2.31. The Balaban J connectivity index is 1.96. The summed E-state index contributed by atoms with van der Waals surface area (Å²) in [5.41, 5.74) is 0. The van der Waals surface area contributed by atoms with Crippen molar-refractivity contribution in [2.45, 2.75) is 30.9 Å². The van der Waals surface area contributed by atoms with Crippen LogP contribution in [0.4, 0.5) is 0 Å². The maximum absolute atomic E-state index is 12.6. The number of piperidine rings is 1. The molecule has 1 fully saturated rings. The molecule has 0 saturated carbocycles. The molecule has 0 aromatic carbocycles. The molecule has 1 aliphatic heterocycles. The second-order valence-corrected chi connectivity index (χ2v) is 9.29. The van der Waals surface area contributed by atoms with Gasteiger partial charge in [0.15, 0.2) is 0 Å². The average molecular weight is 395 g/mol. The number of nitrogens with zero attached hydrogens (tertiary/aromatic N) is 2. The number of hydrogen-bond acceptors (Lipinski definition) is 4. The van der Waals surface area contributed by atoms with Crippen LogP contribution in [-0.2, 0) is 10.0 Å². The van der Waals surface area contributed by atoms with E-state index in [0.717, 1.165) is 32.5 Å². The van der Waals surface area contributed by atoms with Crippen LogP contribution in [0.3, 0.4) is 0 Å². The molecule has 1 aromatic heterocycles. The molecule has 0 aliphatic carbocycles. The minimum atomic E-state index is -3.32. The highest BCUT2D eigenvalue weighted by Crippen LogP contribution is 2.32. The van der Waals surface area contributed by atoms with Gasteiger partial charge in [0, 0.05) is 24.1 Å². The van der Waals surface area contributed by atoms with E-state index < -0.39 is 10.0 Å². The van der Waals surface area contributed by atoms with Crippen LogP contribution in [0.25, 0.3) is 0 Å². The van der Waals surface area contributed by atoms with Gasteiger partial charge in [-0.15, -0.1) is 11.3 Å². The fourth-order valence-electron chi connectivity index (χ4n) is 2.76. The predicted octanol–water partition coefficient (Wildman–Crippen LogP) is 3.25. The second kappa shape index (κ2) is 7.55. The van der Waals surface area contributed by atoms with Crippen LogP contribution in [0.5, 0.6) is 0 Å². The molecule has 1 saturated heterocycles. The number of thiophene rings is 1. The molecule has 4 nitrogen and oxygen atoms in total. The first-order chi connectivity index (χ1) is 9.98. The summed E-state index contributed by atoms with van der Waals surface area (Å²) in [7, 11) is -3.32. The summed E-state index contributed by atoms with van der Waals surface area (Å²) in [5, 5.41) is 1.81. The summed E-state index contributed by atoms with van der Waals surface area (Å²) in [5.74, 6) is 0.614. The first-order valence-electron chi connectivity index (χ1n) is 7.44. The van der Waals surface area contributed by atoms with Crippen molar-refractivity contribution in [3.05, 3.63) is 15.9 Å². The maximum atomic E-state index is 12.6. The van der Waals surface area contributed by atoms with E-state index in [1.54, 1.807) is 10.4 Å². The van der Waals surface area contributed by atoms with E-state index in [0.29, 0.717) is 27.7 Å². The zero-order valence-electron chi connectivity index (χ0n) is 12.6. The Morgan fingerprint density at radius 3 is 2.43 bits per heavy atom. The normalized spacial score (nSPS) is 18.5. The van der Waals surface area contributed by atoms with E-state index in [9.17, 15) is 8.42 Å². The van der Waals surface area contributed by atoms with Gasteiger partial charge in [-0.1, -0.05) is 13.8 Å². The van der Waals surface area contributed by atoms with Crippen molar-refractivity contribution in [3.8, 4) is 0 Å². The van der Waals surface area contributed by atoms with Gasteiger partial charge in [0.25, 0.3) is 10.0 Å². The van der Waals surface area contributed by atoms with E-state index in [1.165, 1.54) is 11.3 Å². The van der Waals surface area contributed by atoms with E-state index in [4.69, 9.17) is 0 Å². The Hall–Kier alpha value is 0.0500. The zero-order chi connectivity index (χ0) is 15.5. The van der Waals surface area contributed by atoms with Crippen molar-refractivity contribution in [2.75, 3.05) is 32.7 Å². The molecule has 7 heteroatoms. The lowest BCUT2D eigenvalue weighted by atomic mass is 9.97. The average Bonchev–Trinajstić information content (AvgIpc) is 2.92. The lowest BCUT2D eigenvalue weighted by molar-refractivity contribution is 0.193. The van der Waals surface area contributed by atoms with E-state index in [-0.39, 0.29) is 0 Å². The minimum Gasteiger partial charge on any atom is -0.304 e. The van der Waals surface area contributed by atoms with Crippen LogP contribution in [0.2, 0.25) is 0 Å². The van der Waals surface area contributed by atoms with Crippen LogP contribution in [0, 0.1) is 5.92 Å². The SMILES string of the molecule is CCN(CC)CC1CCN(S(=O)(=O)c2sccc2Br)CC1. The summed E-state index contributed by atoms with van der Waals surface area (Å²) in [6.07, 6.45) is 1.91. The fourth-order valence-corrected chi connectivity index (χ4v) is 6.68. The van der Waals surface area contributed by atoms with Gasteiger partial charge in [0.05, 0.1) is 0 Å². The molecular weight excluding hydrogens is 372 g/mol. The van der Waals surface area contributed by atoms with Crippen molar-refractivity contribution >= 4 is 37.3 Å². The molecule has 2 heterocycles. The molecule has 120 valence electrons. The molecule has 0 atom stereocenters. The van der Waals surface area contributed by atoms with E-state index in [1.807, 2.05) is 5.38 Å². The van der Waals surface area contributed by atoms with Crippen molar-refractivity contribution in [3.63, 3.8) is 0 Å². The summed E-state index contributed by atoms with van der Waals surface area (Å²) >= 11 is 4.61. The maximum Gasteiger partial charge on any atom is 0.253 e. The molecule has 0 N–H and O–H groups in total. The summed E-state index contributed by atoms with van der Waals surface area (Å²) in [6.45, 7) is 8.85. The van der Waals surface area contributed by atoms with Crippen molar-refractivity contribution in [1.82, 2.24) is 9.21 Å². The Labute approximate surface area is 140 Å². The molecule has 1 aromatic rings. The lowest BCUT2D eigenvalue weighted by Crippen LogP contribution is -2.41. The highest BCUT2D eigenvalue weighted by atomic mass is 79.9. The monoisotopic (exact) mass is 394 g/mol. The molecule has 0 unspecified atom stereocenters. The number of halogens is 1. The van der Waals surface area contributed by atoms with Crippen LogP contribution >= 0.6 is 27.3 Å². The molecular formula is C14H23BrN2O2S2. The third-order valence-electron chi connectivity index (χ3n) is 4.14. The largest absolute Gasteiger partial charge is 0.304 e.